The lowest BCUT2D eigenvalue weighted by Gasteiger charge is -2.25. The van der Waals surface area contributed by atoms with E-state index in [9.17, 15) is 0 Å². The highest BCUT2D eigenvalue weighted by atomic mass is 16.5. The summed E-state index contributed by atoms with van der Waals surface area (Å²) >= 11 is 0. The number of methoxy groups -OCH3 is 2. The van der Waals surface area contributed by atoms with E-state index in [0.29, 0.717) is 13.2 Å². The second kappa shape index (κ2) is 6.54. The summed E-state index contributed by atoms with van der Waals surface area (Å²) in [5.41, 5.74) is 3.01. The molecular weight excluding hydrogens is 144 g/mol. The van der Waals surface area contributed by atoms with E-state index in [1.165, 1.54) is 0 Å². The molecule has 0 fully saturated rings. The van der Waals surface area contributed by atoms with Crippen LogP contribution in [0.3, 0.4) is 0 Å². The number of rotatable bonds is 6. The van der Waals surface area contributed by atoms with Gasteiger partial charge in [-0.2, -0.15) is 0 Å². The largest absolute Gasteiger partial charge is 0.383 e. The highest BCUT2D eigenvalue weighted by Gasteiger charge is 2.11. The zero-order valence-corrected chi connectivity index (χ0v) is 7.76. The van der Waals surface area contributed by atoms with E-state index in [-0.39, 0.29) is 6.04 Å². The van der Waals surface area contributed by atoms with Crippen LogP contribution in [0.5, 0.6) is 0 Å². The molecule has 0 spiro atoms. The van der Waals surface area contributed by atoms with Gasteiger partial charge in [-0.3, -0.25) is 5.43 Å². The molecule has 0 aliphatic carbocycles. The molecule has 0 rings (SSSR count). The van der Waals surface area contributed by atoms with E-state index < -0.39 is 0 Å². The lowest BCUT2D eigenvalue weighted by Crippen LogP contribution is -2.45. The highest BCUT2D eigenvalue weighted by Crippen LogP contribution is 1.93. The third kappa shape index (κ3) is 4.31. The normalized spacial score (nSPS) is 11.5. The molecule has 0 atom stereocenters. The molecule has 0 aromatic carbocycles. The number of nitrogens with zero attached hydrogens (tertiary/aromatic N) is 1. The van der Waals surface area contributed by atoms with Gasteiger partial charge >= 0.3 is 0 Å². The third-order valence-corrected chi connectivity index (χ3v) is 1.62. The molecule has 4 nitrogen and oxygen atoms in total. The van der Waals surface area contributed by atoms with Crippen LogP contribution >= 0.6 is 0 Å². The number of nitrogens with one attached hydrogen (secondary N) is 1. The molecular formula is C7H18N2O2. The van der Waals surface area contributed by atoms with Crippen LogP contribution in [-0.4, -0.2) is 52.6 Å². The molecule has 0 aromatic rings. The summed E-state index contributed by atoms with van der Waals surface area (Å²) in [6.45, 7) is 1.34. The maximum absolute atomic E-state index is 5.02. The standard InChI is InChI=1S/C7H18N2O2/c1-8-9(2)7(5-10-3)6-11-4/h7-8H,5-6H2,1-4H3. The average Bonchev–Trinajstić information content (AvgIpc) is 2.03. The van der Waals surface area contributed by atoms with Crippen molar-refractivity contribution < 1.29 is 9.47 Å². The van der Waals surface area contributed by atoms with Crippen LogP contribution in [0.1, 0.15) is 0 Å². The van der Waals surface area contributed by atoms with Crippen molar-refractivity contribution in [1.82, 2.24) is 10.4 Å². The van der Waals surface area contributed by atoms with Crippen LogP contribution in [0.4, 0.5) is 0 Å². The van der Waals surface area contributed by atoms with Crippen LogP contribution in [-0.2, 0) is 9.47 Å². The Bertz CT molecular complexity index is 84.5. The van der Waals surface area contributed by atoms with Gasteiger partial charge in [0.05, 0.1) is 19.3 Å². The predicted molar refractivity (Wildman–Crippen MR) is 44.4 cm³/mol. The first-order chi connectivity index (χ1) is 5.26. The number of hydrogen-bond acceptors (Lipinski definition) is 4. The van der Waals surface area contributed by atoms with Crippen molar-refractivity contribution in [3.8, 4) is 0 Å². The Morgan fingerprint density at radius 3 is 2.00 bits per heavy atom. The summed E-state index contributed by atoms with van der Waals surface area (Å²) in [5.74, 6) is 0. The van der Waals surface area contributed by atoms with Crippen molar-refractivity contribution >= 4 is 0 Å². The van der Waals surface area contributed by atoms with Crippen LogP contribution in [0.25, 0.3) is 0 Å². The Hall–Kier alpha value is -0.160. The van der Waals surface area contributed by atoms with E-state index in [1.807, 2.05) is 19.1 Å². The molecule has 4 heteroatoms. The monoisotopic (exact) mass is 162 g/mol. The fourth-order valence-electron chi connectivity index (χ4n) is 0.839. The van der Waals surface area contributed by atoms with Crippen molar-refractivity contribution in [3.05, 3.63) is 0 Å². The Morgan fingerprint density at radius 2 is 1.73 bits per heavy atom. The van der Waals surface area contributed by atoms with E-state index in [2.05, 4.69) is 5.43 Å². The zero-order valence-electron chi connectivity index (χ0n) is 7.76. The van der Waals surface area contributed by atoms with Gasteiger partial charge in [-0.1, -0.05) is 0 Å². The molecule has 0 saturated carbocycles. The van der Waals surface area contributed by atoms with Gasteiger partial charge in [0.1, 0.15) is 0 Å². The lowest BCUT2D eigenvalue weighted by molar-refractivity contribution is 0.0291. The van der Waals surface area contributed by atoms with Gasteiger partial charge in [0.15, 0.2) is 0 Å². The summed E-state index contributed by atoms with van der Waals surface area (Å²) in [4.78, 5) is 0. The first-order valence-electron chi connectivity index (χ1n) is 3.64. The summed E-state index contributed by atoms with van der Waals surface area (Å²) in [6, 6.07) is 0.273. The SMILES string of the molecule is CNN(C)C(COC)COC. The van der Waals surface area contributed by atoms with Gasteiger partial charge < -0.3 is 9.47 Å². The van der Waals surface area contributed by atoms with Gasteiger partial charge in [0, 0.05) is 21.3 Å². The molecule has 0 heterocycles. The maximum Gasteiger partial charge on any atom is 0.0707 e. The minimum absolute atomic E-state index is 0.273. The fourth-order valence-corrected chi connectivity index (χ4v) is 0.839. The Labute approximate surface area is 68.4 Å². The Kier molecular flexibility index (Phi) is 6.45. The second-order valence-corrected chi connectivity index (χ2v) is 2.40. The first kappa shape index (κ1) is 10.8. The zero-order chi connectivity index (χ0) is 8.69. The quantitative estimate of drug-likeness (QED) is 0.544. The summed E-state index contributed by atoms with van der Waals surface area (Å²) in [7, 11) is 7.21. The smallest absolute Gasteiger partial charge is 0.0707 e. The van der Waals surface area contributed by atoms with Crippen LogP contribution < -0.4 is 5.43 Å². The molecule has 0 bridgehead atoms. The fraction of sp³-hybridized carbons (Fsp3) is 1.00. The third-order valence-electron chi connectivity index (χ3n) is 1.62. The Morgan fingerprint density at radius 1 is 1.27 bits per heavy atom. The minimum atomic E-state index is 0.273. The topological polar surface area (TPSA) is 33.7 Å². The van der Waals surface area contributed by atoms with Gasteiger partial charge in [0.25, 0.3) is 0 Å². The molecule has 0 aliphatic heterocycles. The van der Waals surface area contributed by atoms with Gasteiger partial charge in [-0.05, 0) is 7.05 Å². The number of ether oxygens (including phenoxy) is 2. The van der Waals surface area contributed by atoms with Crippen molar-refractivity contribution in [2.75, 3.05) is 41.5 Å². The second-order valence-electron chi connectivity index (χ2n) is 2.40. The van der Waals surface area contributed by atoms with E-state index in [1.54, 1.807) is 14.2 Å². The molecule has 68 valence electrons. The summed E-state index contributed by atoms with van der Waals surface area (Å²) < 4.78 is 10.0. The average molecular weight is 162 g/mol. The van der Waals surface area contributed by atoms with Gasteiger partial charge in [-0.15, -0.1) is 0 Å². The maximum atomic E-state index is 5.02. The highest BCUT2D eigenvalue weighted by molar-refractivity contribution is 4.62. The predicted octanol–water partition coefficient (Wildman–Crippen LogP) is -0.286. The minimum Gasteiger partial charge on any atom is -0.383 e. The molecule has 11 heavy (non-hydrogen) atoms. The van der Waals surface area contributed by atoms with Crippen molar-refractivity contribution in [3.63, 3.8) is 0 Å². The van der Waals surface area contributed by atoms with E-state index in [4.69, 9.17) is 9.47 Å². The van der Waals surface area contributed by atoms with Crippen molar-refractivity contribution in [2.45, 2.75) is 6.04 Å². The molecule has 0 aromatic heterocycles. The number of hydrogen-bond donors (Lipinski definition) is 1. The van der Waals surface area contributed by atoms with E-state index in [0.717, 1.165) is 0 Å². The summed E-state index contributed by atoms with van der Waals surface area (Å²) in [6.07, 6.45) is 0. The van der Waals surface area contributed by atoms with Crippen LogP contribution in [0, 0.1) is 0 Å². The van der Waals surface area contributed by atoms with Crippen molar-refractivity contribution in [2.24, 2.45) is 0 Å². The lowest BCUT2D eigenvalue weighted by atomic mass is 10.3. The van der Waals surface area contributed by atoms with Crippen LogP contribution in [0.2, 0.25) is 0 Å². The number of likely N-dealkylation sites (N-methyl/N-ethyl adjacent to an activating group) is 1. The van der Waals surface area contributed by atoms with Crippen molar-refractivity contribution in [1.29, 1.82) is 0 Å². The molecule has 0 unspecified atom stereocenters. The summed E-state index contributed by atoms with van der Waals surface area (Å²) in [5, 5.41) is 1.97. The van der Waals surface area contributed by atoms with Gasteiger partial charge in [-0.25, -0.2) is 5.01 Å². The molecule has 1 N–H and O–H groups in total. The number of hydrazine groups is 1. The molecule has 0 amide bonds. The van der Waals surface area contributed by atoms with Crippen LogP contribution in [0.15, 0.2) is 0 Å². The van der Waals surface area contributed by atoms with Gasteiger partial charge in [0.2, 0.25) is 0 Å². The first-order valence-corrected chi connectivity index (χ1v) is 3.64. The molecule has 0 saturated heterocycles. The molecule has 0 aliphatic rings. The molecule has 0 radical (unpaired) electrons. The van der Waals surface area contributed by atoms with E-state index >= 15 is 0 Å². The Balaban J connectivity index is 3.66.